The van der Waals surface area contributed by atoms with Gasteiger partial charge in [0, 0.05) is 129 Å². The number of rotatable bonds is 19. The van der Waals surface area contributed by atoms with Crippen molar-refractivity contribution >= 4 is 86.5 Å². The molecular formula is C84H90F2N20O6. The molecule has 112 heavy (non-hydrogen) atoms. The van der Waals surface area contributed by atoms with Crippen LogP contribution in [-0.4, -0.2) is 150 Å². The van der Waals surface area contributed by atoms with Gasteiger partial charge in [0.25, 0.3) is 17.7 Å². The number of benzene rings is 2. The number of anilines is 8. The van der Waals surface area contributed by atoms with Crippen molar-refractivity contribution in [2.75, 3.05) is 72.6 Å². The van der Waals surface area contributed by atoms with Gasteiger partial charge in [-0.3, -0.25) is 37.4 Å². The Morgan fingerprint density at radius 2 is 1.01 bits per heavy atom. The van der Waals surface area contributed by atoms with E-state index in [0.717, 1.165) is 132 Å². The fourth-order valence-corrected chi connectivity index (χ4v) is 15.5. The summed E-state index contributed by atoms with van der Waals surface area (Å²) in [5.74, 6) is 1.90. The van der Waals surface area contributed by atoms with Gasteiger partial charge < -0.3 is 56.8 Å². The summed E-state index contributed by atoms with van der Waals surface area (Å²) < 4.78 is 32.8. The van der Waals surface area contributed by atoms with Gasteiger partial charge in [-0.25, -0.2) is 43.7 Å². The lowest BCUT2D eigenvalue weighted by Gasteiger charge is -2.39. The number of hydrogen-bond donors (Lipinski definition) is 8. The molecule has 2 fully saturated rings. The van der Waals surface area contributed by atoms with Crippen LogP contribution in [0, 0.1) is 30.4 Å². The van der Waals surface area contributed by atoms with Crippen LogP contribution in [-0.2, 0) is 29.8 Å². The highest BCUT2D eigenvalue weighted by Crippen LogP contribution is 2.41. The highest BCUT2D eigenvalue weighted by Gasteiger charge is 2.36. The molecule has 0 spiro atoms. The number of carbonyl (C=O) groups excluding carboxylic acids is 4. The first-order chi connectivity index (χ1) is 53.7. The highest BCUT2D eigenvalue weighted by molar-refractivity contribution is 6.08. The van der Waals surface area contributed by atoms with E-state index >= 15 is 0 Å². The molecule has 0 saturated carbocycles. The van der Waals surface area contributed by atoms with Crippen LogP contribution in [0.5, 0.6) is 0 Å². The van der Waals surface area contributed by atoms with Crippen LogP contribution >= 0.6 is 0 Å². The number of ketones is 1. The number of hydrogen-bond acceptors (Lipinski definition) is 20. The van der Waals surface area contributed by atoms with Gasteiger partial charge in [0.15, 0.2) is 0 Å². The number of nitrogens with zero attached hydrogens (tertiary/aromatic N) is 14. The smallest absolute Gasteiger partial charge is 0.254 e. The minimum Gasteiger partial charge on any atom is -0.390 e. The molecule has 576 valence electrons. The molecule has 0 aliphatic carbocycles. The van der Waals surface area contributed by atoms with E-state index in [4.69, 9.17) is 0 Å². The molecule has 0 bridgehead atoms. The molecule has 0 unspecified atom stereocenters. The zero-order chi connectivity index (χ0) is 78.5. The van der Waals surface area contributed by atoms with E-state index in [1.54, 1.807) is 52.2 Å². The third-order valence-electron chi connectivity index (χ3n) is 22.1. The third kappa shape index (κ3) is 15.4. The topological polar surface area (TPSA) is 307 Å². The first-order valence-corrected chi connectivity index (χ1v) is 37.8. The van der Waals surface area contributed by atoms with Crippen molar-refractivity contribution < 1.29 is 38.2 Å². The van der Waals surface area contributed by atoms with Gasteiger partial charge in [-0.15, -0.1) is 0 Å². The zero-order valence-electron chi connectivity index (χ0n) is 64.0. The zero-order valence-corrected chi connectivity index (χ0v) is 64.0. The van der Waals surface area contributed by atoms with Crippen molar-refractivity contribution in [3.05, 3.63) is 209 Å². The van der Waals surface area contributed by atoms with Crippen molar-refractivity contribution in [3.63, 3.8) is 0 Å². The number of halogens is 2. The van der Waals surface area contributed by atoms with Gasteiger partial charge >= 0.3 is 0 Å². The van der Waals surface area contributed by atoms with Crippen LogP contribution in [0.2, 0.25) is 0 Å². The Morgan fingerprint density at radius 1 is 0.536 bits per heavy atom. The summed E-state index contributed by atoms with van der Waals surface area (Å²) in [6, 6.07) is 26.7. The number of imidazole rings is 3. The van der Waals surface area contributed by atoms with Gasteiger partial charge in [-0.1, -0.05) is 18.2 Å². The van der Waals surface area contributed by atoms with Crippen LogP contribution in [0.25, 0.3) is 51.0 Å². The first kappa shape index (κ1) is 75.3. The maximum absolute atomic E-state index is 13.6. The Kier molecular flexibility index (Phi) is 20.6. The van der Waals surface area contributed by atoms with Crippen LogP contribution in [0.1, 0.15) is 139 Å². The summed E-state index contributed by atoms with van der Waals surface area (Å²) in [6.07, 6.45) is 22.8. The van der Waals surface area contributed by atoms with Gasteiger partial charge in [-0.05, 0) is 179 Å². The molecular weight excluding hydrogens is 1420 g/mol. The molecule has 10 aromatic heterocycles. The lowest BCUT2D eigenvalue weighted by Crippen LogP contribution is -2.44. The van der Waals surface area contributed by atoms with E-state index in [1.165, 1.54) is 24.3 Å². The number of Topliss-reactive ketones (excluding diaryl/α,β-unsaturated/α-hetero) is 1. The van der Waals surface area contributed by atoms with Crippen LogP contribution in [0.4, 0.5) is 54.7 Å². The normalized spacial score (nSPS) is 16.1. The van der Waals surface area contributed by atoms with Gasteiger partial charge in [0.2, 0.25) is 5.78 Å². The number of carbonyl (C=O) groups is 4. The number of aromatic nitrogens is 11. The minimum absolute atomic E-state index is 0.107. The number of aliphatic hydroxyl groups is 2. The number of aryl methyl sites for hydroxylation is 1. The average molecular weight is 1510 g/mol. The molecule has 26 nitrogen and oxygen atoms in total. The summed E-state index contributed by atoms with van der Waals surface area (Å²) in [5, 5.41) is 39.5. The summed E-state index contributed by atoms with van der Waals surface area (Å²) >= 11 is 0. The maximum Gasteiger partial charge on any atom is 0.254 e. The second-order valence-electron chi connectivity index (χ2n) is 31.2. The lowest BCUT2D eigenvalue weighted by atomic mass is 9.80. The van der Waals surface area contributed by atoms with Crippen LogP contribution < -0.4 is 41.7 Å². The summed E-state index contributed by atoms with van der Waals surface area (Å²) in [4.78, 5) is 93.9. The fourth-order valence-electron chi connectivity index (χ4n) is 15.5. The predicted octanol–water partition coefficient (Wildman–Crippen LogP) is 12.7. The molecule has 8 N–H and O–H groups in total. The molecule has 12 aromatic rings. The first-order valence-electron chi connectivity index (χ1n) is 37.8. The second-order valence-corrected chi connectivity index (χ2v) is 31.2. The van der Waals surface area contributed by atoms with E-state index in [9.17, 15) is 38.2 Å². The molecule has 2 saturated heterocycles. The quantitative estimate of drug-likeness (QED) is 0.0373. The SMILES string of the molecule is CC(C)(O)[C@@H]1CCCN(c2ccc(Nc3cnc(-c4cnc5cc(F)ccn45)c4c3C(=O)NC4)nc2)C1.CN(C)CCCC(=O)C(C)(C)c1ccc(Nc2ccc(-c3cnc4cc(F)ccn34)c3c2C(=O)NC3)nc1.Cc1ccn2c(-c3ccc(Nc4ccc(N5CCC[C@H](C(C)(C)O)C5)cn4)c4c3CNC4=O)cnc2n1. The maximum atomic E-state index is 13.6. The Morgan fingerprint density at radius 3 is 1.52 bits per heavy atom. The molecule has 5 aliphatic heterocycles. The Hall–Kier alpha value is -12.1. The molecule has 28 heteroatoms. The molecule has 5 aliphatic rings. The Bertz CT molecular complexity index is 5360. The number of amides is 3. The van der Waals surface area contributed by atoms with Crippen molar-refractivity contribution in [1.82, 2.24) is 73.9 Å². The second kappa shape index (κ2) is 30.6. The van der Waals surface area contributed by atoms with Crippen molar-refractivity contribution in [2.45, 2.75) is 123 Å². The van der Waals surface area contributed by atoms with E-state index in [0.29, 0.717) is 100 Å². The largest absolute Gasteiger partial charge is 0.390 e. The number of pyridine rings is 6. The number of nitrogens with one attached hydrogen (secondary N) is 6. The van der Waals surface area contributed by atoms with Crippen LogP contribution in [0.3, 0.4) is 0 Å². The third-order valence-corrected chi connectivity index (χ3v) is 22.1. The van der Waals surface area contributed by atoms with E-state index < -0.39 is 16.6 Å². The fraction of sp³-hybridized carbons (Fsp3) is 0.333. The lowest BCUT2D eigenvalue weighted by molar-refractivity contribution is -0.123. The highest BCUT2D eigenvalue weighted by atomic mass is 19.1. The van der Waals surface area contributed by atoms with E-state index in [1.807, 2.05) is 152 Å². The molecule has 2 aromatic carbocycles. The summed E-state index contributed by atoms with van der Waals surface area (Å²) in [6.45, 7) is 18.8. The number of piperidine rings is 2. The summed E-state index contributed by atoms with van der Waals surface area (Å²) in [7, 11) is 4.00. The van der Waals surface area contributed by atoms with Crippen molar-refractivity contribution in [2.24, 2.45) is 11.8 Å². The molecule has 3 amide bonds. The van der Waals surface area contributed by atoms with Crippen molar-refractivity contribution in [3.8, 4) is 33.9 Å². The Balaban J connectivity index is 0.000000133. The average Bonchev–Trinajstić information content (AvgIpc) is 1.60. The minimum atomic E-state index is -0.715. The van der Waals surface area contributed by atoms with Gasteiger partial charge in [-0.2, -0.15) is 0 Å². The monoisotopic (exact) mass is 1510 g/mol. The Labute approximate surface area is 646 Å². The summed E-state index contributed by atoms with van der Waals surface area (Å²) in [5.41, 5.74) is 13.6. The predicted molar refractivity (Wildman–Crippen MR) is 426 cm³/mol. The molecule has 0 radical (unpaired) electrons. The van der Waals surface area contributed by atoms with Gasteiger partial charge in [0.1, 0.15) is 46.2 Å². The molecule has 17 rings (SSSR count). The molecule has 2 atom stereocenters. The standard InChI is InChI=1S/C29H31FN6O2.C28H31N7O2.C27H28FN7O2/c1-29(2,24(37)6-5-12-35(3)4)18-7-10-25(31-15-18)34-22-9-8-20(21-16-33-28(38)27(21)22)23-17-32-26-14-19(30)11-13-36(23)26;1-17-10-12-35-23(15-31-27(35)32-17)20-7-8-22(25-21(20)14-30-26(25)36)33-24-9-6-19(13-29-24)34-11-4-5-18(16-34)28(2,3)37;1-27(2,37)16-4-3-8-34(15-16)18-5-6-22(29-11-18)33-20-13-31-25(19-12-32-26(36)24(19)20)21-14-30-23-10-17(28)7-9-35(21)23/h7-11,13-15,17H,5-6,12,16H2,1-4H3,(H,31,34)(H,33,38);6-10,12-13,15,18,37H,4-5,11,14,16H2,1-3H3,(H,29,33)(H,30,36);5-7,9-11,13-14,16,37H,3-4,8,12,15H2,1-2H3,(H,29,33)(H,32,36)/t;18-;16-/m.01/s1. The van der Waals surface area contributed by atoms with E-state index in [2.05, 4.69) is 86.5 Å². The number of fused-ring (bicyclic) bond motifs is 6. The van der Waals surface area contributed by atoms with Crippen molar-refractivity contribution in [1.29, 1.82) is 0 Å². The van der Waals surface area contributed by atoms with Gasteiger partial charge in [0.05, 0.1) is 116 Å². The molecule has 15 heterocycles. The van der Waals surface area contributed by atoms with E-state index in [-0.39, 0.29) is 47.0 Å². The van der Waals surface area contributed by atoms with Crippen LogP contribution in [0.15, 0.2) is 153 Å².